The first kappa shape index (κ1) is 19.4. The first-order valence-corrected chi connectivity index (χ1v) is 6.63. The third-order valence-corrected chi connectivity index (χ3v) is 3.16. The molecule has 1 aliphatic heterocycles. The highest BCUT2D eigenvalue weighted by molar-refractivity contribution is 5.73. The molecule has 0 aromatic carbocycles. The molecule has 2 rings (SSSR count). The molecule has 2 N–H and O–H groups in total. The number of aromatic nitrogens is 1. The Bertz CT molecular complexity index is 653. The number of hydrogen-bond donors (Lipinski definition) is 2. The predicted molar refractivity (Wildman–Crippen MR) is 77.1 cm³/mol. The minimum absolute atomic E-state index is 0.414. The van der Waals surface area contributed by atoms with Crippen LogP contribution in [0.25, 0.3) is 0 Å². The Labute approximate surface area is 133 Å². The minimum Gasteiger partial charge on any atom is -0.475 e. The van der Waals surface area contributed by atoms with Crippen molar-refractivity contribution >= 4 is 17.5 Å². The number of aliphatic carboxylic acids is 1. The molecular weight excluding hydrogens is 337 g/mol. The number of rotatable bonds is 2. The molecule has 0 radical (unpaired) electrons. The van der Waals surface area contributed by atoms with Crippen LogP contribution in [0.15, 0.2) is 16.9 Å². The molecule has 0 saturated carbocycles. The SMILES string of the molecule is CN1CCN(c2ccc([N+](=O)[O-])c(=O)[nH]2)CC1.O=C(O)C(F)(F)F. The lowest BCUT2D eigenvalue weighted by Crippen LogP contribution is -2.45. The van der Waals surface area contributed by atoms with E-state index in [-0.39, 0.29) is 0 Å². The lowest BCUT2D eigenvalue weighted by atomic mass is 10.3. The van der Waals surface area contributed by atoms with Gasteiger partial charge in [0.1, 0.15) is 5.82 Å². The van der Waals surface area contributed by atoms with Gasteiger partial charge < -0.3 is 19.9 Å². The Morgan fingerprint density at radius 2 is 1.79 bits per heavy atom. The summed E-state index contributed by atoms with van der Waals surface area (Å²) in [6, 6.07) is 2.84. The summed E-state index contributed by atoms with van der Waals surface area (Å²) in [6.07, 6.45) is -5.08. The van der Waals surface area contributed by atoms with Gasteiger partial charge in [0.2, 0.25) is 0 Å². The highest BCUT2D eigenvalue weighted by Crippen LogP contribution is 2.14. The normalized spacial score (nSPS) is 15.4. The summed E-state index contributed by atoms with van der Waals surface area (Å²) < 4.78 is 31.7. The van der Waals surface area contributed by atoms with Crippen LogP contribution >= 0.6 is 0 Å². The molecule has 134 valence electrons. The quantitative estimate of drug-likeness (QED) is 0.593. The molecule has 12 heteroatoms. The fourth-order valence-corrected chi connectivity index (χ4v) is 1.83. The number of carboxylic acids is 1. The van der Waals surface area contributed by atoms with Crippen LogP contribution in [0.1, 0.15) is 0 Å². The number of hydrogen-bond acceptors (Lipinski definition) is 6. The molecule has 0 atom stereocenters. The number of halogens is 3. The molecule has 0 spiro atoms. The highest BCUT2D eigenvalue weighted by Gasteiger charge is 2.38. The van der Waals surface area contributed by atoms with Crippen molar-refractivity contribution in [3.8, 4) is 0 Å². The fraction of sp³-hybridized carbons (Fsp3) is 0.500. The summed E-state index contributed by atoms with van der Waals surface area (Å²) >= 11 is 0. The van der Waals surface area contributed by atoms with Crippen LogP contribution in [0.4, 0.5) is 24.7 Å². The molecule has 1 aliphatic rings. The molecule has 1 aromatic rings. The highest BCUT2D eigenvalue weighted by atomic mass is 19.4. The second kappa shape index (κ2) is 7.77. The van der Waals surface area contributed by atoms with Crippen LogP contribution < -0.4 is 10.5 Å². The van der Waals surface area contributed by atoms with Crippen molar-refractivity contribution in [1.82, 2.24) is 9.88 Å². The van der Waals surface area contributed by atoms with E-state index in [1.165, 1.54) is 6.07 Å². The molecular formula is C12H15F3N4O5. The largest absolute Gasteiger partial charge is 0.490 e. The molecule has 0 amide bonds. The molecule has 0 aliphatic carbocycles. The van der Waals surface area contributed by atoms with Gasteiger partial charge in [0.25, 0.3) is 0 Å². The van der Waals surface area contributed by atoms with Crippen molar-refractivity contribution < 1.29 is 28.0 Å². The summed E-state index contributed by atoms with van der Waals surface area (Å²) in [5.74, 6) is -2.11. The van der Waals surface area contributed by atoms with E-state index in [0.29, 0.717) is 5.82 Å². The number of anilines is 1. The van der Waals surface area contributed by atoms with Crippen LogP contribution in [0.2, 0.25) is 0 Å². The summed E-state index contributed by atoms with van der Waals surface area (Å²) in [6.45, 7) is 3.45. The summed E-state index contributed by atoms with van der Waals surface area (Å²) in [4.78, 5) is 37.0. The maximum absolute atomic E-state index is 11.5. The predicted octanol–water partition coefficient (Wildman–Crippen LogP) is 0.668. The van der Waals surface area contributed by atoms with Crippen LogP contribution in [-0.2, 0) is 4.79 Å². The summed E-state index contributed by atoms with van der Waals surface area (Å²) in [5.41, 5.74) is -1.06. The second-order valence-electron chi connectivity index (χ2n) is 4.91. The number of carbonyl (C=O) groups is 1. The lowest BCUT2D eigenvalue weighted by Gasteiger charge is -2.33. The number of carboxylic acid groups (broad SMARTS) is 1. The van der Waals surface area contributed by atoms with E-state index < -0.39 is 28.3 Å². The maximum atomic E-state index is 11.5. The van der Waals surface area contributed by atoms with E-state index in [9.17, 15) is 28.1 Å². The topological polar surface area (TPSA) is 120 Å². The lowest BCUT2D eigenvalue weighted by molar-refractivity contribution is -0.386. The van der Waals surface area contributed by atoms with Gasteiger partial charge in [-0.25, -0.2) is 4.79 Å². The first-order chi connectivity index (χ1) is 11.0. The Hall–Kier alpha value is -2.63. The molecule has 1 aromatic heterocycles. The van der Waals surface area contributed by atoms with E-state index in [2.05, 4.69) is 9.88 Å². The zero-order valence-electron chi connectivity index (χ0n) is 12.5. The van der Waals surface area contributed by atoms with Gasteiger partial charge in [-0.2, -0.15) is 13.2 Å². The van der Waals surface area contributed by atoms with E-state index in [0.717, 1.165) is 26.2 Å². The number of nitrogens with one attached hydrogen (secondary N) is 1. The number of likely N-dealkylation sites (N-methyl/N-ethyl adjacent to an activating group) is 1. The number of piperazine rings is 1. The van der Waals surface area contributed by atoms with Gasteiger partial charge in [0.05, 0.1) is 4.92 Å². The standard InChI is InChI=1S/C10H14N4O3.C2HF3O2/c1-12-4-6-13(7-5-12)9-3-2-8(14(16)17)10(15)11-9;3-2(4,5)1(6)7/h2-3H,4-7H2,1H3,(H,11,15);(H,6,7). The van der Waals surface area contributed by atoms with Crippen molar-refractivity contribution in [2.24, 2.45) is 0 Å². The first-order valence-electron chi connectivity index (χ1n) is 6.63. The second-order valence-corrected chi connectivity index (χ2v) is 4.91. The van der Waals surface area contributed by atoms with Gasteiger partial charge in [-0.05, 0) is 13.1 Å². The number of nitro groups is 1. The average Bonchev–Trinajstić information content (AvgIpc) is 2.47. The van der Waals surface area contributed by atoms with Crippen LogP contribution in [0.3, 0.4) is 0 Å². The average molecular weight is 352 g/mol. The third-order valence-electron chi connectivity index (χ3n) is 3.16. The molecule has 1 fully saturated rings. The van der Waals surface area contributed by atoms with E-state index in [4.69, 9.17) is 9.90 Å². The van der Waals surface area contributed by atoms with Crippen LogP contribution in [0, 0.1) is 10.1 Å². The van der Waals surface area contributed by atoms with Gasteiger partial charge in [0, 0.05) is 32.2 Å². The van der Waals surface area contributed by atoms with E-state index in [1.807, 2.05) is 11.9 Å². The van der Waals surface area contributed by atoms with Crippen molar-refractivity contribution in [3.05, 3.63) is 32.6 Å². The zero-order valence-corrected chi connectivity index (χ0v) is 12.5. The van der Waals surface area contributed by atoms with Gasteiger partial charge >= 0.3 is 23.4 Å². The van der Waals surface area contributed by atoms with Gasteiger partial charge in [-0.1, -0.05) is 0 Å². The van der Waals surface area contributed by atoms with Gasteiger partial charge in [0.15, 0.2) is 0 Å². The molecule has 0 bridgehead atoms. The fourth-order valence-electron chi connectivity index (χ4n) is 1.83. The zero-order chi connectivity index (χ0) is 18.5. The third kappa shape index (κ3) is 5.53. The summed E-state index contributed by atoms with van der Waals surface area (Å²) in [7, 11) is 2.04. The molecule has 0 unspecified atom stereocenters. The number of pyridine rings is 1. The molecule has 9 nitrogen and oxygen atoms in total. The Morgan fingerprint density at radius 1 is 1.29 bits per heavy atom. The Morgan fingerprint density at radius 3 is 2.17 bits per heavy atom. The van der Waals surface area contributed by atoms with E-state index in [1.54, 1.807) is 6.07 Å². The Balaban J connectivity index is 0.000000351. The van der Waals surface area contributed by atoms with Crippen molar-refractivity contribution in [2.45, 2.75) is 6.18 Å². The van der Waals surface area contributed by atoms with Crippen molar-refractivity contribution in [3.63, 3.8) is 0 Å². The van der Waals surface area contributed by atoms with Gasteiger partial charge in [-0.3, -0.25) is 14.9 Å². The minimum atomic E-state index is -5.08. The monoisotopic (exact) mass is 352 g/mol. The van der Waals surface area contributed by atoms with E-state index >= 15 is 0 Å². The number of alkyl halides is 3. The van der Waals surface area contributed by atoms with Gasteiger partial charge in [-0.15, -0.1) is 0 Å². The number of nitrogens with zero attached hydrogens (tertiary/aromatic N) is 3. The molecule has 24 heavy (non-hydrogen) atoms. The van der Waals surface area contributed by atoms with Crippen molar-refractivity contribution in [1.29, 1.82) is 0 Å². The maximum Gasteiger partial charge on any atom is 0.490 e. The molecule has 2 heterocycles. The van der Waals surface area contributed by atoms with Crippen LogP contribution in [-0.4, -0.2) is 65.3 Å². The number of H-pyrrole nitrogens is 1. The van der Waals surface area contributed by atoms with Crippen LogP contribution in [0.5, 0.6) is 0 Å². The van der Waals surface area contributed by atoms with Crippen molar-refractivity contribution in [2.75, 3.05) is 38.1 Å². The number of aromatic amines is 1. The Kier molecular flexibility index (Phi) is 6.28. The summed E-state index contributed by atoms with van der Waals surface area (Å²) in [5, 5.41) is 17.6. The smallest absolute Gasteiger partial charge is 0.475 e. The molecule has 1 saturated heterocycles.